The number of carboxylic acid groups (broad SMARTS) is 2. The minimum absolute atomic E-state index is 0.00544. The van der Waals surface area contributed by atoms with E-state index in [0.29, 0.717) is 0 Å². The number of halogens is 2. The SMILES string of the molecule is O=C(O)COc1ccc(S(=O)(=O)Nc2ccc(Cl)c(C(=O)O)c2)cc1Cl. The molecular weight excluding hydrogens is 409 g/mol. The molecule has 0 aliphatic heterocycles. The molecular formula is C15H11Cl2NO7S. The monoisotopic (exact) mass is 419 g/mol. The summed E-state index contributed by atoms with van der Waals surface area (Å²) in [6.07, 6.45) is 0. The van der Waals surface area contributed by atoms with Crippen molar-refractivity contribution >= 4 is 50.9 Å². The molecule has 0 fully saturated rings. The molecule has 2 rings (SSSR count). The fraction of sp³-hybridized carbons (Fsp3) is 0.0667. The van der Waals surface area contributed by atoms with Crippen LogP contribution in [0.3, 0.4) is 0 Å². The van der Waals surface area contributed by atoms with Crippen LogP contribution in [0.25, 0.3) is 0 Å². The van der Waals surface area contributed by atoms with E-state index in [0.717, 1.165) is 12.1 Å². The number of carbonyl (C=O) groups is 2. The van der Waals surface area contributed by atoms with Gasteiger partial charge >= 0.3 is 11.9 Å². The molecule has 26 heavy (non-hydrogen) atoms. The summed E-state index contributed by atoms with van der Waals surface area (Å²) < 4.78 is 31.9. The average Bonchev–Trinajstić information content (AvgIpc) is 2.54. The van der Waals surface area contributed by atoms with E-state index in [1.165, 1.54) is 24.3 Å². The predicted octanol–water partition coefficient (Wildman–Crippen LogP) is 2.96. The third kappa shape index (κ3) is 4.78. The number of hydrogen-bond donors (Lipinski definition) is 3. The molecule has 8 nitrogen and oxygen atoms in total. The maximum Gasteiger partial charge on any atom is 0.341 e. The summed E-state index contributed by atoms with van der Waals surface area (Å²) in [6, 6.07) is 7.09. The lowest BCUT2D eigenvalue weighted by Crippen LogP contribution is -2.14. The molecule has 138 valence electrons. The molecule has 0 saturated heterocycles. The number of anilines is 1. The summed E-state index contributed by atoms with van der Waals surface area (Å²) in [4.78, 5) is 21.3. The zero-order valence-corrected chi connectivity index (χ0v) is 15.1. The number of carboxylic acids is 2. The molecule has 0 unspecified atom stereocenters. The maximum absolute atomic E-state index is 12.4. The van der Waals surface area contributed by atoms with Crippen molar-refractivity contribution in [1.29, 1.82) is 0 Å². The third-order valence-corrected chi connectivity index (χ3v) is 5.02. The molecule has 0 heterocycles. The highest BCUT2D eigenvalue weighted by Gasteiger charge is 2.18. The van der Waals surface area contributed by atoms with E-state index in [1.807, 2.05) is 0 Å². The molecule has 0 amide bonds. The van der Waals surface area contributed by atoms with Crippen LogP contribution < -0.4 is 9.46 Å². The van der Waals surface area contributed by atoms with Gasteiger partial charge < -0.3 is 14.9 Å². The topological polar surface area (TPSA) is 130 Å². The highest BCUT2D eigenvalue weighted by Crippen LogP contribution is 2.29. The minimum Gasteiger partial charge on any atom is -0.480 e. The van der Waals surface area contributed by atoms with Crippen LogP contribution in [0.1, 0.15) is 10.4 Å². The van der Waals surface area contributed by atoms with Crippen molar-refractivity contribution in [3.05, 3.63) is 52.0 Å². The Labute approximate surface area is 158 Å². The van der Waals surface area contributed by atoms with E-state index in [9.17, 15) is 18.0 Å². The Morgan fingerprint density at radius 3 is 2.31 bits per heavy atom. The van der Waals surface area contributed by atoms with Gasteiger partial charge in [0.05, 0.1) is 20.5 Å². The van der Waals surface area contributed by atoms with Crippen molar-refractivity contribution in [2.45, 2.75) is 4.90 Å². The molecule has 0 spiro atoms. The zero-order chi connectivity index (χ0) is 19.5. The number of sulfonamides is 1. The summed E-state index contributed by atoms with van der Waals surface area (Å²) in [5, 5.41) is 17.5. The zero-order valence-electron chi connectivity index (χ0n) is 12.8. The Morgan fingerprint density at radius 2 is 1.73 bits per heavy atom. The largest absolute Gasteiger partial charge is 0.480 e. The lowest BCUT2D eigenvalue weighted by molar-refractivity contribution is -0.139. The predicted molar refractivity (Wildman–Crippen MR) is 93.8 cm³/mol. The van der Waals surface area contributed by atoms with Gasteiger partial charge in [0, 0.05) is 5.69 Å². The van der Waals surface area contributed by atoms with Crippen molar-refractivity contribution in [3.8, 4) is 5.75 Å². The maximum atomic E-state index is 12.4. The second-order valence-corrected chi connectivity index (χ2v) is 7.38. The van der Waals surface area contributed by atoms with Gasteiger partial charge in [-0.2, -0.15) is 0 Å². The first-order valence-corrected chi connectivity index (χ1v) is 9.04. The van der Waals surface area contributed by atoms with Gasteiger partial charge in [-0.15, -0.1) is 0 Å². The van der Waals surface area contributed by atoms with Crippen LogP contribution in [0.2, 0.25) is 10.0 Å². The third-order valence-electron chi connectivity index (χ3n) is 3.01. The summed E-state index contributed by atoms with van der Waals surface area (Å²) in [6.45, 7) is -0.632. The number of nitrogens with one attached hydrogen (secondary N) is 1. The lowest BCUT2D eigenvalue weighted by Gasteiger charge is -2.11. The Kier molecular flexibility index (Phi) is 5.96. The molecule has 0 bridgehead atoms. The second kappa shape index (κ2) is 7.81. The number of ether oxygens (including phenoxy) is 1. The van der Waals surface area contributed by atoms with Crippen LogP contribution in [0.15, 0.2) is 41.3 Å². The van der Waals surface area contributed by atoms with E-state index in [4.69, 9.17) is 38.2 Å². The van der Waals surface area contributed by atoms with Gasteiger partial charge in [-0.05, 0) is 36.4 Å². The van der Waals surface area contributed by atoms with Gasteiger partial charge in [0.15, 0.2) is 6.61 Å². The van der Waals surface area contributed by atoms with Gasteiger partial charge in [-0.1, -0.05) is 23.2 Å². The van der Waals surface area contributed by atoms with Gasteiger partial charge in [-0.3, -0.25) is 4.72 Å². The van der Waals surface area contributed by atoms with Crippen LogP contribution in [0, 0.1) is 0 Å². The summed E-state index contributed by atoms with van der Waals surface area (Å²) in [5.74, 6) is -2.51. The molecule has 0 aromatic heterocycles. The fourth-order valence-electron chi connectivity index (χ4n) is 1.87. The van der Waals surface area contributed by atoms with E-state index in [-0.39, 0.29) is 31.9 Å². The van der Waals surface area contributed by atoms with E-state index in [2.05, 4.69) is 4.72 Å². The number of benzene rings is 2. The highest BCUT2D eigenvalue weighted by molar-refractivity contribution is 7.92. The van der Waals surface area contributed by atoms with Crippen molar-refractivity contribution < 1.29 is 33.0 Å². The van der Waals surface area contributed by atoms with Crippen molar-refractivity contribution in [1.82, 2.24) is 0 Å². The van der Waals surface area contributed by atoms with Crippen LogP contribution in [-0.2, 0) is 14.8 Å². The Hall–Kier alpha value is -2.49. The van der Waals surface area contributed by atoms with E-state index < -0.39 is 28.6 Å². The smallest absolute Gasteiger partial charge is 0.341 e. The number of rotatable bonds is 7. The molecule has 11 heteroatoms. The minimum atomic E-state index is -4.08. The fourth-order valence-corrected chi connectivity index (χ4v) is 3.45. The summed E-state index contributed by atoms with van der Waals surface area (Å²) >= 11 is 11.6. The number of hydrogen-bond acceptors (Lipinski definition) is 5. The molecule has 0 atom stereocenters. The Balaban J connectivity index is 2.28. The molecule has 2 aromatic rings. The van der Waals surface area contributed by atoms with E-state index >= 15 is 0 Å². The Bertz CT molecular complexity index is 976. The highest BCUT2D eigenvalue weighted by atomic mass is 35.5. The number of aliphatic carboxylic acids is 1. The van der Waals surface area contributed by atoms with Crippen LogP contribution in [0.5, 0.6) is 5.75 Å². The van der Waals surface area contributed by atoms with Gasteiger partial charge in [0.1, 0.15) is 5.75 Å². The summed E-state index contributed by atoms with van der Waals surface area (Å²) in [5.41, 5.74) is -0.267. The average molecular weight is 420 g/mol. The molecule has 0 aliphatic rings. The molecule has 2 aromatic carbocycles. The van der Waals surface area contributed by atoms with Crippen LogP contribution >= 0.6 is 23.2 Å². The first kappa shape index (κ1) is 19.8. The lowest BCUT2D eigenvalue weighted by atomic mass is 10.2. The van der Waals surface area contributed by atoms with Gasteiger partial charge in [-0.25, -0.2) is 18.0 Å². The van der Waals surface area contributed by atoms with Crippen molar-refractivity contribution in [3.63, 3.8) is 0 Å². The van der Waals surface area contributed by atoms with Crippen LogP contribution in [0.4, 0.5) is 5.69 Å². The van der Waals surface area contributed by atoms with Crippen molar-refractivity contribution in [2.75, 3.05) is 11.3 Å². The first-order valence-electron chi connectivity index (χ1n) is 6.80. The molecule has 0 aliphatic carbocycles. The van der Waals surface area contributed by atoms with Crippen LogP contribution in [-0.4, -0.2) is 37.2 Å². The van der Waals surface area contributed by atoms with Gasteiger partial charge in [0.2, 0.25) is 0 Å². The second-order valence-electron chi connectivity index (χ2n) is 4.88. The normalized spacial score (nSPS) is 11.0. The van der Waals surface area contributed by atoms with Gasteiger partial charge in [0.25, 0.3) is 10.0 Å². The molecule has 0 saturated carbocycles. The van der Waals surface area contributed by atoms with Crippen molar-refractivity contribution in [2.24, 2.45) is 0 Å². The molecule has 3 N–H and O–H groups in total. The quantitative estimate of drug-likeness (QED) is 0.628. The Morgan fingerprint density at radius 1 is 1.04 bits per heavy atom. The number of aromatic carboxylic acids is 1. The first-order chi connectivity index (χ1) is 12.1. The standard InChI is InChI=1S/C15H11Cl2NO7S/c16-11-3-1-8(5-10(11)15(21)22)18-26(23,24)9-2-4-13(12(17)6-9)25-7-14(19)20/h1-6,18H,7H2,(H,19,20)(H,21,22). The summed E-state index contributed by atoms with van der Waals surface area (Å²) in [7, 11) is -4.08. The van der Waals surface area contributed by atoms with E-state index in [1.54, 1.807) is 0 Å². The molecule has 0 radical (unpaired) electrons.